The van der Waals surface area contributed by atoms with Gasteiger partial charge >= 0.3 is 5.97 Å². The van der Waals surface area contributed by atoms with Crippen molar-refractivity contribution in [1.82, 2.24) is 14.9 Å². The Bertz CT molecular complexity index is 1000. The molecule has 0 aliphatic carbocycles. The average Bonchev–Trinajstić information content (AvgIpc) is 3.16. The maximum Gasteiger partial charge on any atom is 0.345 e. The Morgan fingerprint density at radius 3 is 3.00 bits per heavy atom. The van der Waals surface area contributed by atoms with E-state index in [-0.39, 0.29) is 22.6 Å². The summed E-state index contributed by atoms with van der Waals surface area (Å²) in [6.45, 7) is 5.59. The molecule has 0 bridgehead atoms. The number of piperidine rings is 1. The van der Waals surface area contributed by atoms with Gasteiger partial charge in [-0.15, -0.1) is 0 Å². The van der Waals surface area contributed by atoms with Gasteiger partial charge in [-0.1, -0.05) is 13.8 Å². The fourth-order valence-corrected chi connectivity index (χ4v) is 3.76. The molecule has 4 heterocycles. The van der Waals surface area contributed by atoms with Crippen LogP contribution in [0.3, 0.4) is 0 Å². The summed E-state index contributed by atoms with van der Waals surface area (Å²) in [5.74, 6) is -1.68. The lowest BCUT2D eigenvalue weighted by molar-refractivity contribution is -0.134. The van der Waals surface area contributed by atoms with Crippen LogP contribution in [-0.4, -0.2) is 44.8 Å². The number of carbonyl (C=O) groups is 2. The van der Waals surface area contributed by atoms with Gasteiger partial charge in [0.15, 0.2) is 11.3 Å². The van der Waals surface area contributed by atoms with E-state index < -0.39 is 11.8 Å². The quantitative estimate of drug-likeness (QED) is 0.640. The standard InChI is InChI=1S/C20H21N3O4/c1-20(2)6-4-8-23(11-20)18-15(19(25)26)16(24)14(27-18)9-12-10-22-17-13(12)5-3-7-21-17/h3,5,7,9-10H,4,6,8,11H2,1-2H3,(H,21,22)(H,25,26)/b14-9-. The summed E-state index contributed by atoms with van der Waals surface area (Å²) in [7, 11) is 0. The first-order chi connectivity index (χ1) is 12.9. The van der Waals surface area contributed by atoms with Crippen molar-refractivity contribution in [3.8, 4) is 0 Å². The number of allylic oxidation sites excluding steroid dienone is 1. The van der Waals surface area contributed by atoms with Crippen molar-refractivity contribution in [1.29, 1.82) is 0 Å². The van der Waals surface area contributed by atoms with E-state index in [4.69, 9.17) is 4.74 Å². The van der Waals surface area contributed by atoms with Crippen molar-refractivity contribution in [2.75, 3.05) is 13.1 Å². The Labute approximate surface area is 156 Å². The minimum Gasteiger partial charge on any atom is -0.477 e. The molecule has 2 aromatic rings. The van der Waals surface area contributed by atoms with Crippen LogP contribution in [0, 0.1) is 5.41 Å². The number of ether oxygens (including phenoxy) is 1. The molecular weight excluding hydrogens is 346 g/mol. The lowest BCUT2D eigenvalue weighted by atomic mass is 9.84. The van der Waals surface area contributed by atoms with Gasteiger partial charge in [-0.05, 0) is 36.5 Å². The van der Waals surface area contributed by atoms with Gasteiger partial charge in [0.1, 0.15) is 5.65 Å². The molecule has 0 spiro atoms. The highest BCUT2D eigenvalue weighted by Gasteiger charge is 2.40. The predicted molar refractivity (Wildman–Crippen MR) is 99.4 cm³/mol. The minimum absolute atomic E-state index is 0.0236. The van der Waals surface area contributed by atoms with Crippen LogP contribution in [0.4, 0.5) is 0 Å². The van der Waals surface area contributed by atoms with Crippen molar-refractivity contribution in [2.45, 2.75) is 26.7 Å². The first-order valence-corrected chi connectivity index (χ1v) is 8.95. The van der Waals surface area contributed by atoms with Gasteiger partial charge in [0.25, 0.3) is 0 Å². The number of H-pyrrole nitrogens is 1. The zero-order valence-electron chi connectivity index (χ0n) is 15.3. The van der Waals surface area contributed by atoms with E-state index in [0.29, 0.717) is 18.7 Å². The zero-order chi connectivity index (χ0) is 19.2. The van der Waals surface area contributed by atoms with E-state index in [1.165, 1.54) is 0 Å². The number of carboxylic acids is 1. The second-order valence-corrected chi connectivity index (χ2v) is 7.76. The van der Waals surface area contributed by atoms with Crippen molar-refractivity contribution < 1.29 is 19.4 Å². The number of aromatic amines is 1. The molecule has 1 saturated heterocycles. The third-order valence-corrected chi connectivity index (χ3v) is 5.04. The number of likely N-dealkylation sites (tertiary alicyclic amines) is 1. The second kappa shape index (κ2) is 6.26. The molecule has 4 rings (SSSR count). The van der Waals surface area contributed by atoms with E-state index in [2.05, 4.69) is 23.8 Å². The van der Waals surface area contributed by atoms with Gasteiger partial charge in [-0.25, -0.2) is 9.78 Å². The number of aromatic nitrogens is 2. The summed E-state index contributed by atoms with van der Waals surface area (Å²) in [5.41, 5.74) is 1.17. The molecule has 0 atom stereocenters. The summed E-state index contributed by atoms with van der Waals surface area (Å²) >= 11 is 0. The van der Waals surface area contributed by atoms with Crippen LogP contribution < -0.4 is 0 Å². The second-order valence-electron chi connectivity index (χ2n) is 7.76. The summed E-state index contributed by atoms with van der Waals surface area (Å²) in [5, 5.41) is 10.4. The van der Waals surface area contributed by atoms with Crippen LogP contribution in [0.1, 0.15) is 32.3 Å². The normalized spacial score (nSPS) is 21.2. The Kier molecular flexibility index (Phi) is 4.02. The highest BCUT2D eigenvalue weighted by atomic mass is 16.5. The van der Waals surface area contributed by atoms with E-state index in [1.54, 1.807) is 24.5 Å². The number of Topliss-reactive ketones (excluding diaryl/α,β-unsaturated/α-hetero) is 1. The number of nitrogens with one attached hydrogen (secondary N) is 1. The highest BCUT2D eigenvalue weighted by Crippen LogP contribution is 2.36. The number of carbonyl (C=O) groups excluding carboxylic acids is 1. The smallest absolute Gasteiger partial charge is 0.345 e. The Morgan fingerprint density at radius 1 is 1.44 bits per heavy atom. The molecule has 2 N–H and O–H groups in total. The Hall–Kier alpha value is -3.09. The first-order valence-electron chi connectivity index (χ1n) is 8.95. The molecule has 1 fully saturated rings. The number of hydrogen-bond acceptors (Lipinski definition) is 5. The van der Waals surface area contributed by atoms with E-state index in [9.17, 15) is 14.7 Å². The minimum atomic E-state index is -1.26. The van der Waals surface area contributed by atoms with Crippen molar-refractivity contribution >= 4 is 28.9 Å². The SMILES string of the molecule is CC1(C)CCCN(C2=C(C(=O)O)C(=O)/C(=C/c3c[nH]c4ncccc34)O2)C1. The summed E-state index contributed by atoms with van der Waals surface area (Å²) in [4.78, 5) is 33.6. The van der Waals surface area contributed by atoms with Crippen LogP contribution in [-0.2, 0) is 14.3 Å². The van der Waals surface area contributed by atoms with E-state index in [1.807, 2.05) is 11.0 Å². The number of nitrogens with zero attached hydrogens (tertiary/aromatic N) is 2. The molecule has 0 radical (unpaired) electrons. The first kappa shape index (κ1) is 17.3. The van der Waals surface area contributed by atoms with Crippen LogP contribution in [0.25, 0.3) is 17.1 Å². The number of aliphatic carboxylic acids is 1. The zero-order valence-corrected chi connectivity index (χ0v) is 15.3. The third kappa shape index (κ3) is 3.09. The number of rotatable bonds is 3. The average molecular weight is 367 g/mol. The topological polar surface area (TPSA) is 95.5 Å². The molecule has 0 saturated carbocycles. The van der Waals surface area contributed by atoms with Gasteiger partial charge in [-0.2, -0.15) is 0 Å². The third-order valence-electron chi connectivity index (χ3n) is 5.04. The molecule has 2 aromatic heterocycles. The molecule has 2 aliphatic heterocycles. The van der Waals surface area contributed by atoms with E-state index in [0.717, 1.165) is 23.8 Å². The highest BCUT2D eigenvalue weighted by molar-refractivity contribution is 6.26. The lowest BCUT2D eigenvalue weighted by Crippen LogP contribution is -2.40. The molecule has 7 nitrogen and oxygen atoms in total. The van der Waals surface area contributed by atoms with Crippen LogP contribution >= 0.6 is 0 Å². The Balaban J connectivity index is 1.70. The molecule has 7 heteroatoms. The largest absolute Gasteiger partial charge is 0.477 e. The van der Waals surface area contributed by atoms with Crippen LogP contribution in [0.5, 0.6) is 0 Å². The summed E-state index contributed by atoms with van der Waals surface area (Å²) in [6.07, 6.45) is 6.96. The lowest BCUT2D eigenvalue weighted by Gasteiger charge is -2.39. The molecule has 140 valence electrons. The van der Waals surface area contributed by atoms with Gasteiger partial charge in [0, 0.05) is 36.4 Å². The molecule has 0 aromatic carbocycles. The fourth-order valence-electron chi connectivity index (χ4n) is 3.76. The maximum atomic E-state index is 12.7. The fraction of sp³-hybridized carbons (Fsp3) is 0.350. The monoisotopic (exact) mass is 367 g/mol. The molecule has 0 amide bonds. The molecule has 2 aliphatic rings. The number of carboxylic acid groups (broad SMARTS) is 1. The van der Waals surface area contributed by atoms with Crippen molar-refractivity contribution in [2.24, 2.45) is 5.41 Å². The number of fused-ring (bicyclic) bond motifs is 1. The van der Waals surface area contributed by atoms with Gasteiger partial charge < -0.3 is 19.7 Å². The molecular formula is C20H21N3O4. The van der Waals surface area contributed by atoms with Gasteiger partial charge in [0.05, 0.1) is 0 Å². The predicted octanol–water partition coefficient (Wildman–Crippen LogP) is 2.92. The Morgan fingerprint density at radius 2 is 2.26 bits per heavy atom. The van der Waals surface area contributed by atoms with Crippen molar-refractivity contribution in [3.05, 3.63) is 47.3 Å². The molecule has 27 heavy (non-hydrogen) atoms. The summed E-state index contributed by atoms with van der Waals surface area (Å²) in [6, 6.07) is 3.68. The van der Waals surface area contributed by atoms with Gasteiger partial charge in [0.2, 0.25) is 11.7 Å². The van der Waals surface area contributed by atoms with Crippen LogP contribution in [0.2, 0.25) is 0 Å². The van der Waals surface area contributed by atoms with E-state index >= 15 is 0 Å². The number of pyridine rings is 1. The number of ketones is 1. The number of hydrogen-bond donors (Lipinski definition) is 2. The molecule has 0 unspecified atom stereocenters. The van der Waals surface area contributed by atoms with Gasteiger partial charge in [-0.3, -0.25) is 4.79 Å². The van der Waals surface area contributed by atoms with Crippen molar-refractivity contribution in [3.63, 3.8) is 0 Å². The van der Waals surface area contributed by atoms with Crippen LogP contribution in [0.15, 0.2) is 41.7 Å². The summed E-state index contributed by atoms with van der Waals surface area (Å²) < 4.78 is 5.80. The maximum absolute atomic E-state index is 12.7.